The quantitative estimate of drug-likeness (QED) is 0.356. The molecule has 2 aromatic rings. The van der Waals surface area contributed by atoms with Gasteiger partial charge in [-0.1, -0.05) is 30.3 Å². The Morgan fingerprint density at radius 3 is 2.32 bits per heavy atom. The van der Waals surface area contributed by atoms with Crippen LogP contribution in [0.1, 0.15) is 18.2 Å². The second-order valence-corrected chi connectivity index (χ2v) is 5.96. The van der Waals surface area contributed by atoms with E-state index in [0.29, 0.717) is 12.2 Å². The van der Waals surface area contributed by atoms with Crippen LogP contribution in [-0.2, 0) is 10.3 Å². The van der Waals surface area contributed by atoms with Gasteiger partial charge in [-0.05, 0) is 18.6 Å². The highest BCUT2D eigenvalue weighted by molar-refractivity contribution is 5.29. The Hall–Kier alpha value is -1.95. The van der Waals surface area contributed by atoms with E-state index in [4.69, 9.17) is 4.74 Å². The van der Waals surface area contributed by atoms with Crippen LogP contribution in [0.5, 0.6) is 0 Å². The van der Waals surface area contributed by atoms with Gasteiger partial charge in [0, 0.05) is 12.1 Å². The maximum atomic E-state index is 12.2. The van der Waals surface area contributed by atoms with Crippen molar-refractivity contribution in [3.8, 4) is 0 Å². The maximum Gasteiger partial charge on any atom is 0.229 e. The first-order chi connectivity index (χ1) is 10.3. The Morgan fingerprint density at radius 1 is 1.09 bits per heavy atom. The van der Waals surface area contributed by atoms with Crippen molar-refractivity contribution in [3.63, 3.8) is 0 Å². The average Bonchev–Trinajstić information content (AvgIpc) is 2.47. The van der Waals surface area contributed by atoms with Gasteiger partial charge in [-0.25, -0.2) is 0 Å². The molecule has 1 atom stereocenters. The zero-order valence-electron chi connectivity index (χ0n) is 13.2. The molecule has 0 N–H and O–H groups in total. The molecule has 0 bridgehead atoms. The summed E-state index contributed by atoms with van der Waals surface area (Å²) in [6, 6.07) is 14.8. The van der Waals surface area contributed by atoms with Gasteiger partial charge in [-0.15, -0.1) is 0 Å². The molecule has 0 fully saturated rings. The normalized spacial score (nSPS) is 14.5. The number of nitrogens with zero attached hydrogens (tertiary/aromatic N) is 2. The summed E-state index contributed by atoms with van der Waals surface area (Å²) in [5.41, 5.74) is 0.471. The molecule has 1 aromatic heterocycles. The summed E-state index contributed by atoms with van der Waals surface area (Å²) < 4.78 is 6.40. The van der Waals surface area contributed by atoms with Crippen LogP contribution in [0.2, 0.25) is 0 Å². The highest BCUT2D eigenvalue weighted by atomic mass is 16.6. The van der Waals surface area contributed by atoms with Gasteiger partial charge < -0.3 is 19.8 Å². The van der Waals surface area contributed by atoms with Crippen molar-refractivity contribution >= 4 is 0 Å². The molecule has 0 saturated heterocycles. The summed E-state index contributed by atoms with van der Waals surface area (Å²) in [4.78, 5) is 0. The molecule has 0 radical (unpaired) electrons. The first-order valence-corrected chi connectivity index (χ1v) is 7.25. The van der Waals surface area contributed by atoms with Gasteiger partial charge in [-0.2, -0.15) is 4.73 Å². The molecule has 1 unspecified atom stereocenters. The zero-order chi connectivity index (χ0) is 16.2. The molecule has 118 valence electrons. The number of hydroxylamine groups is 3. The third-order valence-electron chi connectivity index (χ3n) is 3.66. The Labute approximate surface area is 131 Å². The molecule has 0 aliphatic carbocycles. The topological polar surface area (TPSA) is 59.2 Å². The SMILES string of the molecule is CC(OCC[N+](C)(C)[O-])(c1ccccc1)c1cccc[n+]1[O-]. The highest BCUT2D eigenvalue weighted by Gasteiger charge is 2.37. The molecule has 1 aromatic carbocycles. The second-order valence-electron chi connectivity index (χ2n) is 5.96. The van der Waals surface area contributed by atoms with Crippen molar-refractivity contribution in [2.75, 3.05) is 27.2 Å². The first kappa shape index (κ1) is 16.4. The second kappa shape index (κ2) is 6.44. The fourth-order valence-corrected chi connectivity index (χ4v) is 2.33. The van der Waals surface area contributed by atoms with E-state index < -0.39 is 10.2 Å². The Balaban J connectivity index is 2.35. The van der Waals surface area contributed by atoms with Gasteiger partial charge in [0.25, 0.3) is 0 Å². The fraction of sp³-hybridized carbons (Fsp3) is 0.353. The lowest BCUT2D eigenvalue weighted by Crippen LogP contribution is -2.44. The molecular weight excluding hydrogens is 280 g/mol. The molecule has 0 spiro atoms. The van der Waals surface area contributed by atoms with E-state index in [1.54, 1.807) is 26.2 Å². The monoisotopic (exact) mass is 302 g/mol. The van der Waals surface area contributed by atoms with Crippen molar-refractivity contribution < 1.29 is 14.1 Å². The van der Waals surface area contributed by atoms with E-state index in [1.165, 1.54) is 6.20 Å². The molecule has 0 saturated carbocycles. The number of ether oxygens (including phenoxy) is 1. The predicted molar refractivity (Wildman–Crippen MR) is 84.6 cm³/mol. The summed E-state index contributed by atoms with van der Waals surface area (Å²) in [6.07, 6.45) is 1.45. The van der Waals surface area contributed by atoms with Crippen LogP contribution in [-0.4, -0.2) is 31.9 Å². The summed E-state index contributed by atoms with van der Waals surface area (Å²) in [5, 5.41) is 23.9. The van der Waals surface area contributed by atoms with Crippen molar-refractivity contribution in [3.05, 3.63) is 76.4 Å². The molecule has 5 nitrogen and oxygen atoms in total. The van der Waals surface area contributed by atoms with Gasteiger partial charge in [0.15, 0.2) is 11.8 Å². The third kappa shape index (κ3) is 3.82. The lowest BCUT2D eigenvalue weighted by atomic mass is 9.91. The highest BCUT2D eigenvalue weighted by Crippen LogP contribution is 2.31. The zero-order valence-corrected chi connectivity index (χ0v) is 13.2. The minimum Gasteiger partial charge on any atom is -0.633 e. The lowest BCUT2D eigenvalue weighted by Gasteiger charge is -2.35. The molecule has 0 aliphatic heterocycles. The first-order valence-electron chi connectivity index (χ1n) is 7.25. The van der Waals surface area contributed by atoms with E-state index >= 15 is 0 Å². The van der Waals surface area contributed by atoms with Crippen molar-refractivity contribution in [2.45, 2.75) is 12.5 Å². The van der Waals surface area contributed by atoms with Crippen LogP contribution in [0.3, 0.4) is 0 Å². The van der Waals surface area contributed by atoms with Gasteiger partial charge in [0.05, 0.1) is 20.7 Å². The number of rotatable bonds is 6. The van der Waals surface area contributed by atoms with Crippen molar-refractivity contribution in [1.29, 1.82) is 0 Å². The number of likely N-dealkylation sites (N-methyl/N-ethyl adjacent to an activating group) is 1. The van der Waals surface area contributed by atoms with Gasteiger partial charge >= 0.3 is 0 Å². The molecule has 1 heterocycles. The number of hydrogen-bond acceptors (Lipinski definition) is 3. The van der Waals surface area contributed by atoms with Crippen LogP contribution in [0.25, 0.3) is 0 Å². The number of quaternary nitrogens is 1. The molecular formula is C17H22N2O3. The van der Waals surface area contributed by atoms with Gasteiger partial charge in [-0.3, -0.25) is 0 Å². The number of hydrogen-bond donors (Lipinski definition) is 0. The van der Waals surface area contributed by atoms with E-state index in [2.05, 4.69) is 0 Å². The minimum atomic E-state index is -0.903. The predicted octanol–water partition coefficient (Wildman–Crippen LogP) is 2.17. The Morgan fingerprint density at radius 2 is 1.73 bits per heavy atom. The summed E-state index contributed by atoms with van der Waals surface area (Å²) in [5.74, 6) is 0. The number of aromatic nitrogens is 1. The average molecular weight is 302 g/mol. The third-order valence-corrected chi connectivity index (χ3v) is 3.66. The van der Waals surface area contributed by atoms with E-state index in [9.17, 15) is 10.4 Å². The van der Waals surface area contributed by atoms with Crippen LogP contribution in [0.4, 0.5) is 0 Å². The molecule has 2 rings (SSSR count). The van der Waals surface area contributed by atoms with Crippen LogP contribution in [0, 0.1) is 10.4 Å². The number of benzene rings is 1. The van der Waals surface area contributed by atoms with Gasteiger partial charge in [0.2, 0.25) is 5.69 Å². The van der Waals surface area contributed by atoms with Crippen LogP contribution >= 0.6 is 0 Å². The van der Waals surface area contributed by atoms with Crippen molar-refractivity contribution in [2.24, 2.45) is 0 Å². The summed E-state index contributed by atoms with van der Waals surface area (Å²) >= 11 is 0. The van der Waals surface area contributed by atoms with E-state index in [0.717, 1.165) is 10.3 Å². The molecule has 0 amide bonds. The van der Waals surface area contributed by atoms with Crippen LogP contribution in [0.15, 0.2) is 54.7 Å². The van der Waals surface area contributed by atoms with Crippen molar-refractivity contribution in [1.82, 2.24) is 0 Å². The van der Waals surface area contributed by atoms with Gasteiger partial charge in [0.1, 0.15) is 6.54 Å². The standard InChI is InChI=1S/C17H22N2O3/c1-17(15-9-5-4-6-10-15,22-14-13-19(2,3)21)16-11-7-8-12-18(16)20/h4-12H,13-14H2,1-3H3. The summed E-state index contributed by atoms with van der Waals surface area (Å²) in [6.45, 7) is 2.43. The maximum absolute atomic E-state index is 12.2. The van der Waals surface area contributed by atoms with E-state index in [-0.39, 0.29) is 6.61 Å². The number of pyridine rings is 1. The summed E-state index contributed by atoms with van der Waals surface area (Å²) in [7, 11) is 3.14. The molecule has 22 heavy (non-hydrogen) atoms. The smallest absolute Gasteiger partial charge is 0.229 e. The minimum absolute atomic E-state index is 0.261. The lowest BCUT2D eigenvalue weighted by molar-refractivity contribution is -0.840. The molecule has 0 aliphatic rings. The largest absolute Gasteiger partial charge is 0.633 e. The van der Waals surface area contributed by atoms with E-state index in [1.807, 2.05) is 43.3 Å². The Bertz CT molecular complexity index is 611. The Kier molecular flexibility index (Phi) is 4.81. The fourth-order valence-electron chi connectivity index (χ4n) is 2.33. The van der Waals surface area contributed by atoms with Crippen LogP contribution < -0.4 is 4.73 Å². The molecule has 5 heteroatoms.